The first-order valence-corrected chi connectivity index (χ1v) is 13.1. The van der Waals surface area contributed by atoms with Crippen LogP contribution < -0.4 is 10.6 Å². The van der Waals surface area contributed by atoms with Crippen molar-refractivity contribution in [2.75, 3.05) is 11.1 Å². The molecule has 2 amide bonds. The first kappa shape index (κ1) is 24.6. The highest BCUT2D eigenvalue weighted by Crippen LogP contribution is 2.27. The molecule has 0 aliphatic carbocycles. The first-order valence-electron chi connectivity index (χ1n) is 11.3. The quantitative estimate of drug-likeness (QED) is 0.273. The lowest BCUT2D eigenvalue weighted by atomic mass is 10.2. The molecule has 0 fully saturated rings. The van der Waals surface area contributed by atoms with Crippen LogP contribution in [0.3, 0.4) is 0 Å². The number of anilines is 1. The van der Waals surface area contributed by atoms with Gasteiger partial charge in [-0.3, -0.25) is 14.2 Å². The van der Waals surface area contributed by atoms with Crippen LogP contribution in [0.15, 0.2) is 78.0 Å². The zero-order chi connectivity index (χ0) is 25.8. The molecule has 2 heterocycles. The molecule has 0 unspecified atom stereocenters. The van der Waals surface area contributed by atoms with Crippen molar-refractivity contribution >= 4 is 50.3 Å². The molecule has 2 aromatic heterocycles. The molecule has 5 aromatic rings. The van der Waals surface area contributed by atoms with Gasteiger partial charge in [0.1, 0.15) is 5.82 Å². The number of thioether (sulfide) groups is 1. The third-order valence-corrected chi connectivity index (χ3v) is 7.24. The fraction of sp³-hybridized carbons (Fsp3) is 0.115. The van der Waals surface area contributed by atoms with Gasteiger partial charge in [-0.05, 0) is 48.9 Å². The van der Waals surface area contributed by atoms with Crippen molar-refractivity contribution in [3.05, 3.63) is 95.6 Å². The van der Waals surface area contributed by atoms with Gasteiger partial charge in [-0.15, -0.1) is 10.2 Å². The summed E-state index contributed by atoms with van der Waals surface area (Å²) in [5.41, 5.74) is 2.59. The average molecular weight is 533 g/mol. The van der Waals surface area contributed by atoms with Crippen molar-refractivity contribution < 1.29 is 14.0 Å². The molecule has 0 aliphatic heterocycles. The first-order chi connectivity index (χ1) is 18.0. The number of hydrogen-bond acceptors (Lipinski definition) is 7. The fourth-order valence-corrected chi connectivity index (χ4v) is 5.30. The molecule has 8 nitrogen and oxygen atoms in total. The Kier molecular flexibility index (Phi) is 7.24. The van der Waals surface area contributed by atoms with E-state index in [1.807, 2.05) is 55.5 Å². The zero-order valence-electron chi connectivity index (χ0n) is 19.6. The summed E-state index contributed by atoms with van der Waals surface area (Å²) in [5.74, 6) is -0.847. The molecule has 5 rings (SSSR count). The number of rotatable bonds is 8. The van der Waals surface area contributed by atoms with E-state index in [1.54, 1.807) is 10.6 Å². The summed E-state index contributed by atoms with van der Waals surface area (Å²) in [4.78, 5) is 29.6. The van der Waals surface area contributed by atoms with E-state index < -0.39 is 11.7 Å². The molecule has 11 heteroatoms. The van der Waals surface area contributed by atoms with E-state index in [1.165, 1.54) is 41.3 Å². The van der Waals surface area contributed by atoms with Crippen LogP contribution in [0.25, 0.3) is 15.9 Å². The highest BCUT2D eigenvalue weighted by molar-refractivity contribution is 7.99. The van der Waals surface area contributed by atoms with E-state index in [2.05, 4.69) is 25.8 Å². The van der Waals surface area contributed by atoms with E-state index in [0.717, 1.165) is 21.5 Å². The molecule has 0 saturated heterocycles. The van der Waals surface area contributed by atoms with Crippen LogP contribution in [-0.4, -0.2) is 37.3 Å². The third-order valence-electron chi connectivity index (χ3n) is 5.36. The smallest absolute Gasteiger partial charge is 0.254 e. The molecule has 0 spiro atoms. The van der Waals surface area contributed by atoms with Crippen LogP contribution in [0, 0.1) is 12.7 Å². The molecule has 37 heavy (non-hydrogen) atoms. The van der Waals surface area contributed by atoms with Crippen molar-refractivity contribution in [2.24, 2.45) is 0 Å². The summed E-state index contributed by atoms with van der Waals surface area (Å²) in [6, 6.07) is 21.2. The van der Waals surface area contributed by atoms with Gasteiger partial charge in [0.25, 0.3) is 5.91 Å². The lowest BCUT2D eigenvalue weighted by Gasteiger charge is -2.12. The zero-order valence-corrected chi connectivity index (χ0v) is 21.3. The SMILES string of the molecule is Cc1cccc(-n2c(CNC(=O)c3ccccc3F)nnc2SCC(=O)Nc2nc3ccccc3s2)c1. The maximum atomic E-state index is 14.0. The maximum Gasteiger partial charge on any atom is 0.254 e. The van der Waals surface area contributed by atoms with Gasteiger partial charge < -0.3 is 10.6 Å². The number of hydrogen-bond donors (Lipinski definition) is 2. The Hall–Kier alpha value is -4.09. The number of nitrogens with zero attached hydrogens (tertiary/aromatic N) is 4. The Labute approximate surface area is 220 Å². The molecule has 186 valence electrons. The normalized spacial score (nSPS) is 11.0. The van der Waals surface area contributed by atoms with Crippen LogP contribution >= 0.6 is 23.1 Å². The molecule has 0 aliphatic rings. The number of halogens is 1. The van der Waals surface area contributed by atoms with Crippen molar-refractivity contribution in [2.45, 2.75) is 18.6 Å². The van der Waals surface area contributed by atoms with Gasteiger partial charge in [0.05, 0.1) is 28.1 Å². The Morgan fingerprint density at radius 3 is 2.65 bits per heavy atom. The van der Waals surface area contributed by atoms with E-state index in [0.29, 0.717) is 16.1 Å². The van der Waals surface area contributed by atoms with E-state index >= 15 is 0 Å². The lowest BCUT2D eigenvalue weighted by molar-refractivity contribution is -0.113. The monoisotopic (exact) mass is 532 g/mol. The Morgan fingerprint density at radius 1 is 1.03 bits per heavy atom. The second-order valence-electron chi connectivity index (χ2n) is 8.06. The van der Waals surface area contributed by atoms with Gasteiger partial charge in [0, 0.05) is 5.69 Å². The average Bonchev–Trinajstić information content (AvgIpc) is 3.49. The number of carbonyl (C=O) groups excluding carboxylic acids is 2. The number of fused-ring (bicyclic) bond motifs is 1. The number of aromatic nitrogens is 4. The van der Waals surface area contributed by atoms with Gasteiger partial charge in [-0.1, -0.05) is 59.5 Å². The largest absolute Gasteiger partial charge is 0.345 e. The molecular weight excluding hydrogens is 511 g/mol. The van der Waals surface area contributed by atoms with E-state index in [9.17, 15) is 14.0 Å². The van der Waals surface area contributed by atoms with Crippen LogP contribution in [0.5, 0.6) is 0 Å². The number of aryl methyl sites for hydroxylation is 1. The van der Waals surface area contributed by atoms with Gasteiger partial charge in [0.2, 0.25) is 5.91 Å². The van der Waals surface area contributed by atoms with Crippen LogP contribution in [0.2, 0.25) is 0 Å². The molecule has 0 bridgehead atoms. The van der Waals surface area contributed by atoms with Crippen LogP contribution in [0.4, 0.5) is 9.52 Å². The minimum atomic E-state index is -0.601. The number of nitrogens with one attached hydrogen (secondary N) is 2. The molecule has 0 radical (unpaired) electrons. The fourth-order valence-electron chi connectivity index (χ4n) is 3.65. The molecule has 3 aromatic carbocycles. The van der Waals surface area contributed by atoms with Gasteiger partial charge >= 0.3 is 0 Å². The lowest BCUT2D eigenvalue weighted by Crippen LogP contribution is -2.25. The van der Waals surface area contributed by atoms with Crippen molar-refractivity contribution in [1.29, 1.82) is 0 Å². The summed E-state index contributed by atoms with van der Waals surface area (Å²) in [6.07, 6.45) is 0. The summed E-state index contributed by atoms with van der Waals surface area (Å²) in [5, 5.41) is 15.1. The highest BCUT2D eigenvalue weighted by Gasteiger charge is 2.18. The summed E-state index contributed by atoms with van der Waals surface area (Å²) in [6.45, 7) is 1.98. The minimum absolute atomic E-state index is 0.0204. The predicted molar refractivity (Wildman–Crippen MR) is 143 cm³/mol. The van der Waals surface area contributed by atoms with Crippen molar-refractivity contribution in [3.8, 4) is 5.69 Å². The molecule has 0 atom stereocenters. The van der Waals surface area contributed by atoms with Crippen molar-refractivity contribution in [3.63, 3.8) is 0 Å². The molecular formula is C26H21FN6O2S2. The van der Waals surface area contributed by atoms with Crippen molar-refractivity contribution in [1.82, 2.24) is 25.1 Å². The number of carbonyl (C=O) groups is 2. The number of thiazole rings is 1. The minimum Gasteiger partial charge on any atom is -0.345 e. The number of benzene rings is 3. The second-order valence-corrected chi connectivity index (χ2v) is 10.0. The second kappa shape index (κ2) is 10.9. The summed E-state index contributed by atoms with van der Waals surface area (Å²) in [7, 11) is 0. The molecule has 0 saturated carbocycles. The van der Waals surface area contributed by atoms with E-state index in [4.69, 9.17) is 0 Å². The Bertz CT molecular complexity index is 1570. The van der Waals surface area contributed by atoms with Gasteiger partial charge in [-0.2, -0.15) is 0 Å². The standard InChI is InChI=1S/C26H21FN6O2S2/c1-16-7-6-8-17(13-16)33-22(14-28-24(35)18-9-2-3-10-19(18)27)31-32-26(33)36-15-23(34)30-25-29-20-11-4-5-12-21(20)37-25/h2-13H,14-15H2,1H3,(H,28,35)(H,29,30,34). The van der Waals surface area contributed by atoms with Crippen LogP contribution in [0.1, 0.15) is 21.7 Å². The Morgan fingerprint density at radius 2 is 1.84 bits per heavy atom. The number of para-hydroxylation sites is 1. The highest BCUT2D eigenvalue weighted by atomic mass is 32.2. The van der Waals surface area contributed by atoms with Gasteiger partial charge in [-0.25, -0.2) is 9.37 Å². The topological polar surface area (TPSA) is 102 Å². The molecule has 2 N–H and O–H groups in total. The Balaban J connectivity index is 1.32. The maximum absolute atomic E-state index is 14.0. The van der Waals surface area contributed by atoms with Crippen LogP contribution in [-0.2, 0) is 11.3 Å². The summed E-state index contributed by atoms with van der Waals surface area (Å²) >= 11 is 2.63. The third kappa shape index (κ3) is 5.68. The summed E-state index contributed by atoms with van der Waals surface area (Å²) < 4.78 is 16.8. The van der Waals surface area contributed by atoms with Gasteiger partial charge in [0.15, 0.2) is 16.1 Å². The number of amides is 2. The van der Waals surface area contributed by atoms with E-state index in [-0.39, 0.29) is 23.8 Å². The predicted octanol–water partition coefficient (Wildman–Crippen LogP) is 4.99.